The van der Waals surface area contributed by atoms with Crippen molar-refractivity contribution in [3.05, 3.63) is 40.3 Å². The molecule has 3 aromatic rings. The van der Waals surface area contributed by atoms with Crippen molar-refractivity contribution >= 4 is 55.0 Å². The van der Waals surface area contributed by atoms with Crippen molar-refractivity contribution in [1.82, 2.24) is 4.98 Å². The first-order chi connectivity index (χ1) is 12.5. The molecule has 0 radical (unpaired) electrons. The third kappa shape index (κ3) is 3.56. The second-order valence-electron chi connectivity index (χ2n) is 5.31. The predicted octanol–water partition coefficient (Wildman–Crippen LogP) is 4.76. The lowest BCUT2D eigenvalue weighted by molar-refractivity contribution is 0.0527. The van der Waals surface area contributed by atoms with Crippen LogP contribution in [0, 0.1) is 6.92 Å². The molecule has 0 amide bonds. The van der Waals surface area contributed by atoms with Crippen LogP contribution in [0.1, 0.15) is 39.4 Å². The van der Waals surface area contributed by atoms with Crippen LogP contribution in [0.15, 0.2) is 24.3 Å². The standard InChI is InChI=1S/C18H18N2O4S2/c1-4-23-16(21)13-10(3)14(17(22)24-5-2)26-15(13)20-18-19-11-8-6-7-9-12(11)25-18/h6-9H,4-5H2,1-3H3,(H,19,20). The van der Waals surface area contributed by atoms with Crippen LogP contribution in [0.2, 0.25) is 0 Å². The van der Waals surface area contributed by atoms with Gasteiger partial charge >= 0.3 is 11.9 Å². The first-order valence-corrected chi connectivity index (χ1v) is 9.78. The maximum Gasteiger partial charge on any atom is 0.348 e. The third-order valence-corrected chi connectivity index (χ3v) is 5.74. The summed E-state index contributed by atoms with van der Waals surface area (Å²) in [5, 5.41) is 4.35. The van der Waals surface area contributed by atoms with Gasteiger partial charge in [-0.15, -0.1) is 11.3 Å². The summed E-state index contributed by atoms with van der Waals surface area (Å²) in [5.41, 5.74) is 1.77. The zero-order valence-electron chi connectivity index (χ0n) is 14.6. The molecule has 0 saturated heterocycles. The zero-order chi connectivity index (χ0) is 18.7. The summed E-state index contributed by atoms with van der Waals surface area (Å²) < 4.78 is 11.3. The molecule has 0 atom stereocenters. The molecule has 26 heavy (non-hydrogen) atoms. The minimum atomic E-state index is -0.472. The summed E-state index contributed by atoms with van der Waals surface area (Å²) in [4.78, 5) is 29.5. The Morgan fingerprint density at radius 1 is 1.08 bits per heavy atom. The average Bonchev–Trinajstić information content (AvgIpc) is 3.16. The fourth-order valence-electron chi connectivity index (χ4n) is 2.46. The van der Waals surface area contributed by atoms with E-state index < -0.39 is 11.9 Å². The second-order valence-corrected chi connectivity index (χ2v) is 7.36. The van der Waals surface area contributed by atoms with Gasteiger partial charge in [-0.05, 0) is 38.5 Å². The first-order valence-electron chi connectivity index (χ1n) is 8.15. The molecule has 6 nitrogen and oxygen atoms in total. The van der Waals surface area contributed by atoms with Gasteiger partial charge < -0.3 is 14.8 Å². The molecule has 0 aliphatic carbocycles. The minimum absolute atomic E-state index is 0.253. The zero-order valence-corrected chi connectivity index (χ0v) is 16.3. The highest BCUT2D eigenvalue weighted by Gasteiger charge is 2.27. The number of ether oxygens (including phenoxy) is 2. The first kappa shape index (κ1) is 18.3. The summed E-state index contributed by atoms with van der Waals surface area (Å²) in [5.74, 6) is -0.918. The van der Waals surface area contributed by atoms with Gasteiger partial charge in [-0.2, -0.15) is 0 Å². The van der Waals surface area contributed by atoms with Gasteiger partial charge in [0.2, 0.25) is 0 Å². The van der Waals surface area contributed by atoms with Gasteiger partial charge in [-0.1, -0.05) is 23.5 Å². The van der Waals surface area contributed by atoms with E-state index in [4.69, 9.17) is 9.47 Å². The SMILES string of the molecule is CCOC(=O)c1sc(Nc2nc3ccccc3s2)c(C(=O)OCC)c1C. The minimum Gasteiger partial charge on any atom is -0.462 e. The highest BCUT2D eigenvalue weighted by molar-refractivity contribution is 7.23. The van der Waals surface area contributed by atoms with E-state index in [-0.39, 0.29) is 13.2 Å². The molecule has 0 bridgehead atoms. The Morgan fingerprint density at radius 3 is 2.46 bits per heavy atom. The molecular formula is C18H18N2O4S2. The fraction of sp³-hybridized carbons (Fsp3) is 0.278. The molecular weight excluding hydrogens is 372 g/mol. The van der Waals surface area contributed by atoms with Crippen molar-refractivity contribution in [2.75, 3.05) is 18.5 Å². The number of hydrogen-bond donors (Lipinski definition) is 1. The van der Waals surface area contributed by atoms with Crippen molar-refractivity contribution < 1.29 is 19.1 Å². The lowest BCUT2D eigenvalue weighted by Crippen LogP contribution is -2.09. The summed E-state index contributed by atoms with van der Waals surface area (Å²) >= 11 is 2.65. The Hall–Kier alpha value is -2.45. The van der Waals surface area contributed by atoms with E-state index in [1.54, 1.807) is 20.8 Å². The molecule has 0 spiro atoms. The van der Waals surface area contributed by atoms with Crippen LogP contribution in [0.4, 0.5) is 10.1 Å². The number of hydrogen-bond acceptors (Lipinski definition) is 8. The van der Waals surface area contributed by atoms with Crippen LogP contribution in [0.25, 0.3) is 10.2 Å². The Bertz CT molecular complexity index is 928. The van der Waals surface area contributed by atoms with Gasteiger partial charge in [-0.3, -0.25) is 0 Å². The number of fused-ring (bicyclic) bond motifs is 1. The maximum atomic E-state index is 12.4. The number of rotatable bonds is 6. The summed E-state index contributed by atoms with van der Waals surface area (Å²) in [7, 11) is 0. The Labute approximate surface area is 158 Å². The van der Waals surface area contributed by atoms with Crippen molar-refractivity contribution in [1.29, 1.82) is 0 Å². The molecule has 2 heterocycles. The summed E-state index contributed by atoms with van der Waals surface area (Å²) in [6.45, 7) is 5.73. The van der Waals surface area contributed by atoms with E-state index in [9.17, 15) is 9.59 Å². The number of nitrogens with one attached hydrogen (secondary N) is 1. The third-order valence-electron chi connectivity index (χ3n) is 3.60. The normalized spacial score (nSPS) is 10.7. The Kier molecular flexibility index (Phi) is 5.53. The molecule has 3 rings (SSSR count). The van der Waals surface area contributed by atoms with Crippen LogP contribution in [-0.2, 0) is 9.47 Å². The lowest BCUT2D eigenvalue weighted by atomic mass is 10.1. The van der Waals surface area contributed by atoms with E-state index in [0.29, 0.717) is 26.1 Å². The van der Waals surface area contributed by atoms with E-state index in [1.807, 2.05) is 24.3 Å². The number of thiazole rings is 1. The number of nitrogens with zero attached hydrogens (tertiary/aromatic N) is 1. The number of carbonyl (C=O) groups is 2. The summed E-state index contributed by atoms with van der Waals surface area (Å²) in [6.07, 6.45) is 0. The monoisotopic (exact) mass is 390 g/mol. The highest BCUT2D eigenvalue weighted by atomic mass is 32.1. The van der Waals surface area contributed by atoms with E-state index in [1.165, 1.54) is 22.7 Å². The van der Waals surface area contributed by atoms with Gasteiger partial charge in [0.05, 0.1) is 29.0 Å². The van der Waals surface area contributed by atoms with Crippen LogP contribution >= 0.6 is 22.7 Å². The van der Waals surface area contributed by atoms with Crippen molar-refractivity contribution in [3.63, 3.8) is 0 Å². The highest BCUT2D eigenvalue weighted by Crippen LogP contribution is 2.38. The molecule has 0 saturated carbocycles. The second kappa shape index (κ2) is 7.84. The quantitative estimate of drug-likeness (QED) is 0.611. The average molecular weight is 390 g/mol. The van der Waals surface area contributed by atoms with E-state index in [0.717, 1.165) is 10.2 Å². The van der Waals surface area contributed by atoms with Gasteiger partial charge in [0.1, 0.15) is 9.88 Å². The summed E-state index contributed by atoms with van der Waals surface area (Å²) in [6, 6.07) is 7.77. The van der Waals surface area contributed by atoms with Crippen LogP contribution in [0.5, 0.6) is 0 Å². The van der Waals surface area contributed by atoms with E-state index >= 15 is 0 Å². The molecule has 0 aliphatic heterocycles. The molecule has 0 unspecified atom stereocenters. The molecule has 2 aromatic heterocycles. The van der Waals surface area contributed by atoms with Gasteiger partial charge in [0.15, 0.2) is 5.13 Å². The molecule has 0 fully saturated rings. The topological polar surface area (TPSA) is 77.5 Å². The lowest BCUT2D eigenvalue weighted by Gasteiger charge is -2.05. The van der Waals surface area contributed by atoms with Crippen molar-refractivity contribution in [3.8, 4) is 0 Å². The van der Waals surface area contributed by atoms with Crippen LogP contribution < -0.4 is 5.32 Å². The van der Waals surface area contributed by atoms with Crippen LogP contribution in [0.3, 0.4) is 0 Å². The van der Waals surface area contributed by atoms with Gasteiger partial charge in [-0.25, -0.2) is 14.6 Å². The number of para-hydroxylation sites is 1. The molecule has 1 aromatic carbocycles. The molecule has 136 valence electrons. The number of benzene rings is 1. The number of aromatic nitrogens is 1. The maximum absolute atomic E-state index is 12.4. The number of thiophene rings is 1. The van der Waals surface area contributed by atoms with Crippen molar-refractivity contribution in [2.45, 2.75) is 20.8 Å². The molecule has 8 heteroatoms. The Morgan fingerprint density at radius 2 is 1.77 bits per heavy atom. The number of anilines is 2. The smallest absolute Gasteiger partial charge is 0.348 e. The molecule has 1 N–H and O–H groups in total. The number of carbonyl (C=O) groups excluding carboxylic acids is 2. The molecule has 0 aliphatic rings. The van der Waals surface area contributed by atoms with Gasteiger partial charge in [0.25, 0.3) is 0 Å². The number of esters is 2. The predicted molar refractivity (Wildman–Crippen MR) is 104 cm³/mol. The van der Waals surface area contributed by atoms with E-state index in [2.05, 4.69) is 10.3 Å². The van der Waals surface area contributed by atoms with Gasteiger partial charge in [0, 0.05) is 0 Å². The largest absolute Gasteiger partial charge is 0.462 e. The Balaban J connectivity index is 2.01. The van der Waals surface area contributed by atoms with Crippen LogP contribution in [-0.4, -0.2) is 30.1 Å². The van der Waals surface area contributed by atoms with Crippen molar-refractivity contribution in [2.24, 2.45) is 0 Å². The fourth-order valence-corrected chi connectivity index (χ4v) is 4.49.